The fourth-order valence-corrected chi connectivity index (χ4v) is 4.38. The second kappa shape index (κ2) is 15.1. The third-order valence-electron chi connectivity index (χ3n) is 6.44. The molecule has 0 aliphatic heterocycles. The number of nitrogens with zero attached hydrogens (tertiary/aromatic N) is 1. The van der Waals surface area contributed by atoms with Gasteiger partial charge in [0.1, 0.15) is 18.1 Å². The molecular formula is C26H36N8O5S. The van der Waals surface area contributed by atoms with Crippen LogP contribution in [0.2, 0.25) is 0 Å². The third-order valence-corrected chi connectivity index (χ3v) is 6.83. The quantitative estimate of drug-likeness (QED) is 0.0810. The number of carbonyl (C=O) groups excluding carboxylic acids is 3. The number of aromatic amines is 2. The number of nitrogens with two attached hydrogens (primary N) is 2. The number of aromatic nitrogens is 3. The molecule has 0 saturated heterocycles. The van der Waals surface area contributed by atoms with E-state index in [9.17, 15) is 24.3 Å². The van der Waals surface area contributed by atoms with Gasteiger partial charge in [-0.1, -0.05) is 18.2 Å². The van der Waals surface area contributed by atoms with E-state index in [1.807, 2.05) is 24.3 Å². The summed E-state index contributed by atoms with van der Waals surface area (Å²) in [4.78, 5) is 61.3. The number of imidazole rings is 1. The Kier molecular flexibility index (Phi) is 11.5. The number of para-hydroxylation sites is 1. The number of H-pyrrole nitrogens is 2. The van der Waals surface area contributed by atoms with E-state index in [0.717, 1.165) is 16.5 Å². The van der Waals surface area contributed by atoms with E-state index >= 15 is 0 Å². The molecule has 1 aromatic carbocycles. The molecule has 2 heterocycles. The van der Waals surface area contributed by atoms with Crippen LogP contribution >= 0.6 is 12.6 Å². The van der Waals surface area contributed by atoms with Gasteiger partial charge >= 0.3 is 5.97 Å². The predicted octanol–water partition coefficient (Wildman–Crippen LogP) is -0.399. The van der Waals surface area contributed by atoms with E-state index in [0.29, 0.717) is 25.1 Å². The van der Waals surface area contributed by atoms with Gasteiger partial charge < -0.3 is 42.5 Å². The predicted molar refractivity (Wildman–Crippen MR) is 152 cm³/mol. The van der Waals surface area contributed by atoms with Gasteiger partial charge in [-0.3, -0.25) is 14.4 Å². The van der Waals surface area contributed by atoms with Crippen molar-refractivity contribution in [2.75, 3.05) is 12.3 Å². The van der Waals surface area contributed by atoms with Crippen molar-refractivity contribution in [3.8, 4) is 0 Å². The maximum atomic E-state index is 13.6. The number of amides is 3. The summed E-state index contributed by atoms with van der Waals surface area (Å²) >= 11 is 4.07. The number of carboxylic acids is 1. The zero-order chi connectivity index (χ0) is 29.1. The molecule has 3 amide bonds. The first-order valence-corrected chi connectivity index (χ1v) is 13.6. The lowest BCUT2D eigenvalue weighted by atomic mass is 10.0. The van der Waals surface area contributed by atoms with Gasteiger partial charge in [-0.25, -0.2) is 9.78 Å². The first-order valence-electron chi connectivity index (χ1n) is 13.0. The van der Waals surface area contributed by atoms with E-state index < -0.39 is 47.9 Å². The first kappa shape index (κ1) is 30.7. The van der Waals surface area contributed by atoms with Gasteiger partial charge in [0.25, 0.3) is 0 Å². The summed E-state index contributed by atoms with van der Waals surface area (Å²) in [6.45, 7) is 0.402. The van der Waals surface area contributed by atoms with Gasteiger partial charge in [0.15, 0.2) is 0 Å². The molecule has 3 rings (SSSR count). The van der Waals surface area contributed by atoms with Gasteiger partial charge in [0, 0.05) is 47.6 Å². The van der Waals surface area contributed by atoms with Crippen LogP contribution in [0.15, 0.2) is 43.0 Å². The van der Waals surface area contributed by atoms with E-state index in [4.69, 9.17) is 11.5 Å². The molecule has 0 fully saturated rings. The van der Waals surface area contributed by atoms with Crippen molar-refractivity contribution in [2.45, 2.75) is 56.3 Å². The molecule has 0 bridgehead atoms. The maximum Gasteiger partial charge on any atom is 0.326 e. The van der Waals surface area contributed by atoms with Crippen LogP contribution in [0.3, 0.4) is 0 Å². The Morgan fingerprint density at radius 2 is 1.62 bits per heavy atom. The Morgan fingerprint density at radius 3 is 2.27 bits per heavy atom. The summed E-state index contributed by atoms with van der Waals surface area (Å²) in [5.74, 6) is -3.02. The lowest BCUT2D eigenvalue weighted by Crippen LogP contribution is -2.58. The van der Waals surface area contributed by atoms with E-state index in [1.165, 1.54) is 12.5 Å². The first-order chi connectivity index (χ1) is 19.2. The van der Waals surface area contributed by atoms with E-state index in [2.05, 4.69) is 43.5 Å². The number of hydrogen-bond acceptors (Lipinski definition) is 8. The summed E-state index contributed by atoms with van der Waals surface area (Å²) in [7, 11) is 0. The Morgan fingerprint density at radius 1 is 0.950 bits per heavy atom. The number of thiol groups is 1. The van der Waals surface area contributed by atoms with Crippen LogP contribution in [-0.2, 0) is 32.0 Å². The molecule has 0 aliphatic rings. The molecule has 0 radical (unpaired) electrons. The van der Waals surface area contributed by atoms with Gasteiger partial charge in [0.2, 0.25) is 17.7 Å². The number of rotatable bonds is 16. The van der Waals surface area contributed by atoms with Gasteiger partial charge in [-0.2, -0.15) is 12.6 Å². The molecule has 13 nitrogen and oxygen atoms in total. The van der Waals surface area contributed by atoms with Crippen molar-refractivity contribution in [1.29, 1.82) is 0 Å². The average Bonchev–Trinajstić information content (AvgIpc) is 3.61. The minimum atomic E-state index is -1.19. The molecule has 0 aliphatic carbocycles. The van der Waals surface area contributed by atoms with Crippen molar-refractivity contribution in [1.82, 2.24) is 30.9 Å². The highest BCUT2D eigenvalue weighted by Gasteiger charge is 2.31. The molecule has 4 unspecified atom stereocenters. The van der Waals surface area contributed by atoms with E-state index in [1.54, 1.807) is 6.20 Å². The minimum absolute atomic E-state index is 0.0105. The number of hydrogen-bond donors (Lipinski definition) is 9. The van der Waals surface area contributed by atoms with Gasteiger partial charge in [-0.15, -0.1) is 0 Å². The number of benzene rings is 1. The number of unbranched alkanes of at least 4 members (excludes halogenated alkanes) is 1. The minimum Gasteiger partial charge on any atom is -0.480 e. The zero-order valence-corrected chi connectivity index (χ0v) is 22.8. The van der Waals surface area contributed by atoms with Crippen molar-refractivity contribution < 1.29 is 24.3 Å². The normalized spacial score (nSPS) is 14.2. The van der Waals surface area contributed by atoms with Gasteiger partial charge in [-0.05, 0) is 37.4 Å². The standard InChI is InChI=1S/C26H36N8O5S/c27-8-4-3-7-20(26(38)39)32-25(37)22(10-16-12-29-14-31-16)34-24(36)21(33-23(35)18(28)13-40)9-15-11-30-19-6-2-1-5-17(15)19/h1-2,5-6,11-12,14,18,20-22,30,40H,3-4,7-10,13,27-28H2,(H,29,31)(H,32,37)(H,33,35)(H,34,36)(H,38,39). The molecule has 216 valence electrons. The van der Waals surface area contributed by atoms with Crippen molar-refractivity contribution in [3.63, 3.8) is 0 Å². The molecule has 0 spiro atoms. The van der Waals surface area contributed by atoms with Crippen LogP contribution in [0.5, 0.6) is 0 Å². The molecule has 4 atom stereocenters. The highest BCUT2D eigenvalue weighted by Crippen LogP contribution is 2.19. The fourth-order valence-electron chi connectivity index (χ4n) is 4.21. The van der Waals surface area contributed by atoms with Crippen LogP contribution in [0.25, 0.3) is 10.9 Å². The maximum absolute atomic E-state index is 13.6. The highest BCUT2D eigenvalue weighted by molar-refractivity contribution is 7.80. The largest absolute Gasteiger partial charge is 0.480 e. The third kappa shape index (κ3) is 8.56. The second-order valence-corrected chi connectivity index (χ2v) is 9.81. The highest BCUT2D eigenvalue weighted by atomic mass is 32.1. The lowest BCUT2D eigenvalue weighted by Gasteiger charge is -2.25. The monoisotopic (exact) mass is 572 g/mol. The number of carboxylic acid groups (broad SMARTS) is 1. The summed E-state index contributed by atoms with van der Waals surface area (Å²) in [5.41, 5.74) is 13.5. The molecule has 0 saturated carbocycles. The Bertz CT molecular complexity index is 1280. The van der Waals surface area contributed by atoms with Gasteiger partial charge in [0.05, 0.1) is 12.4 Å². The summed E-state index contributed by atoms with van der Waals surface area (Å²) in [5, 5.41) is 18.4. The topological polar surface area (TPSA) is 221 Å². The zero-order valence-electron chi connectivity index (χ0n) is 21.9. The Labute approximate surface area is 236 Å². The number of carbonyl (C=O) groups is 4. The van der Waals surface area contributed by atoms with Crippen LogP contribution in [-0.4, -0.2) is 80.2 Å². The molecule has 10 N–H and O–H groups in total. The number of aliphatic carboxylic acids is 1. The molecular weight excluding hydrogens is 536 g/mol. The number of fused-ring (bicyclic) bond motifs is 1. The lowest BCUT2D eigenvalue weighted by molar-refractivity contribution is -0.142. The molecule has 3 aromatic rings. The summed E-state index contributed by atoms with van der Waals surface area (Å²) < 4.78 is 0. The van der Waals surface area contributed by atoms with Crippen LogP contribution < -0.4 is 27.4 Å². The van der Waals surface area contributed by atoms with E-state index in [-0.39, 0.29) is 25.0 Å². The van der Waals surface area contributed by atoms with Crippen molar-refractivity contribution in [2.24, 2.45) is 11.5 Å². The summed E-state index contributed by atoms with van der Waals surface area (Å²) in [6, 6.07) is 3.16. The van der Waals surface area contributed by atoms with Crippen LogP contribution in [0.4, 0.5) is 0 Å². The van der Waals surface area contributed by atoms with Crippen LogP contribution in [0, 0.1) is 0 Å². The Hall–Kier alpha value is -3.88. The van der Waals surface area contributed by atoms with Crippen molar-refractivity contribution in [3.05, 3.63) is 54.2 Å². The summed E-state index contributed by atoms with van der Waals surface area (Å²) in [6.07, 6.45) is 6.10. The number of nitrogens with one attached hydrogen (secondary N) is 5. The van der Waals surface area contributed by atoms with Crippen molar-refractivity contribution >= 4 is 47.2 Å². The Balaban J connectivity index is 1.83. The molecule has 40 heavy (non-hydrogen) atoms. The second-order valence-electron chi connectivity index (χ2n) is 9.44. The van der Waals surface area contributed by atoms with Crippen LogP contribution in [0.1, 0.15) is 30.5 Å². The molecule has 14 heteroatoms. The fraction of sp³-hybridized carbons (Fsp3) is 0.423. The smallest absolute Gasteiger partial charge is 0.326 e. The average molecular weight is 573 g/mol. The molecule has 2 aromatic heterocycles. The SMILES string of the molecule is NCCCCC(NC(=O)C(Cc1cnc[nH]1)NC(=O)C(Cc1c[nH]c2ccccc12)NC(=O)C(N)CS)C(=O)O.